The summed E-state index contributed by atoms with van der Waals surface area (Å²) >= 11 is 0. The number of benzene rings is 1. The molecule has 6 heteroatoms. The van der Waals surface area contributed by atoms with Gasteiger partial charge in [-0.2, -0.15) is 10.2 Å². The SMILES string of the molecule is Cc1ccc2c(=O)c3c(N)c(C#N)c(N)nc3oc2c1. The molecule has 2 aromatic heterocycles. The second kappa shape index (κ2) is 3.96. The number of fused-ring (bicyclic) bond motifs is 2. The highest BCUT2D eigenvalue weighted by Gasteiger charge is 2.17. The minimum atomic E-state index is -0.317. The molecular weight excluding hydrogens is 256 g/mol. The summed E-state index contributed by atoms with van der Waals surface area (Å²) in [5.41, 5.74) is 12.6. The first-order chi connectivity index (χ1) is 9.52. The summed E-state index contributed by atoms with van der Waals surface area (Å²) in [4.78, 5) is 16.4. The Morgan fingerprint density at radius 3 is 2.80 bits per heavy atom. The fourth-order valence-corrected chi connectivity index (χ4v) is 2.15. The number of aryl methyl sites for hydroxylation is 1. The van der Waals surface area contributed by atoms with E-state index in [1.54, 1.807) is 18.2 Å². The number of nitrogen functional groups attached to an aromatic ring is 2. The number of nitrogens with zero attached hydrogens (tertiary/aromatic N) is 2. The van der Waals surface area contributed by atoms with Crippen molar-refractivity contribution in [2.75, 3.05) is 11.5 Å². The molecule has 6 nitrogen and oxygen atoms in total. The van der Waals surface area contributed by atoms with Gasteiger partial charge in [0.05, 0.1) is 11.1 Å². The highest BCUT2D eigenvalue weighted by molar-refractivity contribution is 5.98. The van der Waals surface area contributed by atoms with E-state index in [4.69, 9.17) is 21.1 Å². The number of hydrogen-bond donors (Lipinski definition) is 2. The Balaban J connectivity index is 2.61. The lowest BCUT2D eigenvalue weighted by atomic mass is 10.1. The average molecular weight is 266 g/mol. The molecule has 3 aromatic rings. The van der Waals surface area contributed by atoms with Crippen molar-refractivity contribution in [2.24, 2.45) is 0 Å². The van der Waals surface area contributed by atoms with Crippen molar-refractivity contribution in [2.45, 2.75) is 6.92 Å². The molecule has 0 saturated heterocycles. The number of aromatic nitrogens is 1. The molecule has 0 spiro atoms. The molecule has 98 valence electrons. The van der Waals surface area contributed by atoms with Gasteiger partial charge in [-0.1, -0.05) is 6.07 Å². The molecule has 0 bridgehead atoms. The first-order valence-corrected chi connectivity index (χ1v) is 5.85. The van der Waals surface area contributed by atoms with Crippen molar-refractivity contribution in [1.82, 2.24) is 4.98 Å². The molecule has 3 rings (SSSR count). The second-order valence-corrected chi connectivity index (χ2v) is 4.51. The zero-order valence-corrected chi connectivity index (χ0v) is 10.6. The molecule has 0 aliphatic heterocycles. The Labute approximate surface area is 113 Å². The lowest BCUT2D eigenvalue weighted by molar-refractivity contribution is 0.645. The zero-order chi connectivity index (χ0) is 14.4. The average Bonchev–Trinajstić information content (AvgIpc) is 2.38. The van der Waals surface area contributed by atoms with Crippen LogP contribution in [-0.2, 0) is 0 Å². The number of pyridine rings is 1. The van der Waals surface area contributed by atoms with Crippen LogP contribution in [0.25, 0.3) is 22.1 Å². The third kappa shape index (κ3) is 1.50. The second-order valence-electron chi connectivity index (χ2n) is 4.51. The maximum Gasteiger partial charge on any atom is 0.234 e. The van der Waals surface area contributed by atoms with Crippen molar-refractivity contribution < 1.29 is 4.42 Å². The minimum absolute atomic E-state index is 0.00346. The van der Waals surface area contributed by atoms with E-state index in [0.717, 1.165) is 5.56 Å². The molecular formula is C14H10N4O2. The van der Waals surface area contributed by atoms with Crippen LogP contribution in [0.1, 0.15) is 11.1 Å². The third-order valence-corrected chi connectivity index (χ3v) is 3.16. The molecule has 0 aliphatic carbocycles. The van der Waals surface area contributed by atoms with E-state index in [9.17, 15) is 4.79 Å². The van der Waals surface area contributed by atoms with Crippen LogP contribution in [0.4, 0.5) is 11.5 Å². The Morgan fingerprint density at radius 2 is 2.10 bits per heavy atom. The number of hydrogen-bond acceptors (Lipinski definition) is 6. The molecule has 0 unspecified atom stereocenters. The van der Waals surface area contributed by atoms with Crippen molar-refractivity contribution in [1.29, 1.82) is 5.26 Å². The summed E-state index contributed by atoms with van der Waals surface area (Å²) in [5, 5.41) is 9.50. The van der Waals surface area contributed by atoms with E-state index in [1.807, 2.05) is 13.0 Å². The van der Waals surface area contributed by atoms with Crippen LogP contribution in [0, 0.1) is 18.3 Å². The van der Waals surface area contributed by atoms with E-state index in [1.165, 1.54) is 0 Å². The quantitative estimate of drug-likeness (QED) is 0.597. The Morgan fingerprint density at radius 1 is 1.35 bits per heavy atom. The van der Waals surface area contributed by atoms with Gasteiger partial charge < -0.3 is 15.9 Å². The molecule has 0 atom stereocenters. The first kappa shape index (κ1) is 12.0. The van der Waals surface area contributed by atoms with Crippen LogP contribution in [0.5, 0.6) is 0 Å². The maximum atomic E-state index is 12.5. The number of nitriles is 1. The van der Waals surface area contributed by atoms with Crippen LogP contribution < -0.4 is 16.9 Å². The van der Waals surface area contributed by atoms with Crippen LogP contribution in [0.3, 0.4) is 0 Å². The topological polar surface area (TPSA) is 119 Å². The largest absolute Gasteiger partial charge is 0.437 e. The first-order valence-electron chi connectivity index (χ1n) is 5.85. The van der Waals surface area contributed by atoms with Gasteiger partial charge in [-0.3, -0.25) is 4.79 Å². The molecule has 0 aliphatic rings. The van der Waals surface area contributed by atoms with E-state index < -0.39 is 0 Å². The minimum Gasteiger partial charge on any atom is -0.437 e. The predicted octanol–water partition coefficient (Wildman–Crippen LogP) is 1.69. The molecule has 20 heavy (non-hydrogen) atoms. The Hall–Kier alpha value is -3.07. The van der Waals surface area contributed by atoms with Gasteiger partial charge in [0, 0.05) is 0 Å². The summed E-state index contributed by atoms with van der Waals surface area (Å²) in [6.07, 6.45) is 0. The van der Waals surface area contributed by atoms with Gasteiger partial charge in [0.2, 0.25) is 11.1 Å². The molecule has 0 fully saturated rings. The van der Waals surface area contributed by atoms with Gasteiger partial charge in [0.25, 0.3) is 0 Å². The Bertz CT molecular complexity index is 967. The normalized spacial score (nSPS) is 10.8. The molecule has 2 heterocycles. The van der Waals surface area contributed by atoms with Gasteiger partial charge in [-0.05, 0) is 24.6 Å². The van der Waals surface area contributed by atoms with Crippen molar-refractivity contribution in [3.05, 3.63) is 39.5 Å². The Kier molecular flexibility index (Phi) is 2.38. The summed E-state index contributed by atoms with van der Waals surface area (Å²) in [7, 11) is 0. The molecule has 1 aromatic carbocycles. The number of nitrogens with two attached hydrogens (primary N) is 2. The van der Waals surface area contributed by atoms with Gasteiger partial charge in [0.15, 0.2) is 0 Å². The predicted molar refractivity (Wildman–Crippen MR) is 76.1 cm³/mol. The third-order valence-electron chi connectivity index (χ3n) is 3.16. The summed E-state index contributed by atoms with van der Waals surface area (Å²) in [6, 6.07) is 7.05. The van der Waals surface area contributed by atoms with Gasteiger partial charge in [0.1, 0.15) is 28.4 Å². The lowest BCUT2D eigenvalue weighted by Crippen LogP contribution is -2.10. The van der Waals surface area contributed by atoms with Crippen molar-refractivity contribution in [3.8, 4) is 6.07 Å². The van der Waals surface area contributed by atoms with Gasteiger partial charge in [-0.25, -0.2) is 0 Å². The van der Waals surface area contributed by atoms with Crippen LogP contribution in [-0.4, -0.2) is 4.98 Å². The molecule has 0 saturated carbocycles. The molecule has 4 N–H and O–H groups in total. The van der Waals surface area contributed by atoms with Gasteiger partial charge >= 0.3 is 0 Å². The standard InChI is InChI=1S/C14H10N4O2/c1-6-2-3-7-9(4-6)20-14-10(12(7)19)11(16)8(5-15)13(17)18-14/h2-4H,1H3,(H4,16,17,18). The lowest BCUT2D eigenvalue weighted by Gasteiger charge is -2.06. The van der Waals surface area contributed by atoms with Crippen LogP contribution in [0.2, 0.25) is 0 Å². The van der Waals surface area contributed by atoms with E-state index in [2.05, 4.69) is 4.98 Å². The van der Waals surface area contributed by atoms with Crippen molar-refractivity contribution >= 4 is 33.6 Å². The van der Waals surface area contributed by atoms with Gasteiger partial charge in [-0.15, -0.1) is 0 Å². The highest BCUT2D eigenvalue weighted by atomic mass is 16.3. The van der Waals surface area contributed by atoms with Crippen LogP contribution in [0.15, 0.2) is 27.4 Å². The zero-order valence-electron chi connectivity index (χ0n) is 10.6. The summed E-state index contributed by atoms with van der Waals surface area (Å²) in [5.74, 6) is -0.0485. The molecule has 0 radical (unpaired) electrons. The number of anilines is 2. The van der Waals surface area contributed by atoms with E-state index in [-0.39, 0.29) is 33.6 Å². The van der Waals surface area contributed by atoms with E-state index >= 15 is 0 Å². The highest BCUT2D eigenvalue weighted by Crippen LogP contribution is 2.27. The maximum absolute atomic E-state index is 12.5. The summed E-state index contributed by atoms with van der Waals surface area (Å²) < 4.78 is 5.59. The van der Waals surface area contributed by atoms with Crippen molar-refractivity contribution in [3.63, 3.8) is 0 Å². The molecule has 0 amide bonds. The van der Waals surface area contributed by atoms with E-state index in [0.29, 0.717) is 11.0 Å². The fourth-order valence-electron chi connectivity index (χ4n) is 2.15. The smallest absolute Gasteiger partial charge is 0.234 e. The number of rotatable bonds is 0. The van der Waals surface area contributed by atoms with Crippen LogP contribution >= 0.6 is 0 Å². The summed E-state index contributed by atoms with van der Waals surface area (Å²) in [6.45, 7) is 1.89. The fraction of sp³-hybridized carbons (Fsp3) is 0.0714. The monoisotopic (exact) mass is 266 g/mol.